The standard InChI is InChI=1S/C18H17N3O5S/c1-24-12-8-10(9-13-14(12)20-18(19)27-13)21-7-5-4-6-11(16(22)25-2)15(21)17(23)26-3/h4-9H,1-3H3,(H2,19,20). The van der Waals surface area contributed by atoms with Gasteiger partial charge in [-0.1, -0.05) is 17.4 Å². The Hall–Kier alpha value is -3.33. The zero-order valence-electron chi connectivity index (χ0n) is 14.9. The Morgan fingerprint density at radius 3 is 2.52 bits per heavy atom. The van der Waals surface area contributed by atoms with E-state index in [1.54, 1.807) is 30.5 Å². The topological polar surface area (TPSA) is 104 Å². The number of nitrogens with zero attached hydrogens (tertiary/aromatic N) is 2. The third-order valence-electron chi connectivity index (χ3n) is 3.85. The second-order valence-electron chi connectivity index (χ2n) is 5.36. The smallest absolute Gasteiger partial charge is 0.355 e. The molecular formula is C18H17N3O5S. The van der Waals surface area contributed by atoms with Gasteiger partial charge in [-0.05, 0) is 18.2 Å². The van der Waals surface area contributed by atoms with E-state index in [1.165, 1.54) is 43.6 Å². The lowest BCUT2D eigenvalue weighted by atomic mass is 10.1. The van der Waals surface area contributed by atoms with Crippen LogP contribution >= 0.6 is 11.3 Å². The predicted octanol–water partition coefficient (Wildman–Crippen LogP) is 2.38. The highest BCUT2D eigenvalue weighted by Gasteiger charge is 2.28. The summed E-state index contributed by atoms with van der Waals surface area (Å²) in [7, 11) is 4.01. The number of allylic oxidation sites excluding steroid dienone is 2. The molecule has 1 aromatic carbocycles. The lowest BCUT2D eigenvalue weighted by Gasteiger charge is -2.23. The monoisotopic (exact) mass is 387 g/mol. The molecule has 2 N–H and O–H groups in total. The molecule has 1 aliphatic heterocycles. The molecule has 0 radical (unpaired) electrons. The van der Waals surface area contributed by atoms with Gasteiger partial charge in [-0.3, -0.25) is 0 Å². The maximum atomic E-state index is 12.5. The highest BCUT2D eigenvalue weighted by Crippen LogP contribution is 2.37. The highest BCUT2D eigenvalue weighted by molar-refractivity contribution is 7.22. The number of rotatable bonds is 4. The van der Waals surface area contributed by atoms with Crippen LogP contribution in [0.4, 0.5) is 10.8 Å². The van der Waals surface area contributed by atoms with Crippen molar-refractivity contribution in [2.45, 2.75) is 0 Å². The number of anilines is 2. The van der Waals surface area contributed by atoms with Crippen molar-refractivity contribution < 1.29 is 23.8 Å². The Balaban J connectivity index is 2.25. The van der Waals surface area contributed by atoms with Crippen LogP contribution in [-0.2, 0) is 19.1 Å². The molecule has 0 saturated heterocycles. The summed E-state index contributed by atoms with van der Waals surface area (Å²) >= 11 is 1.29. The molecule has 0 fully saturated rings. The molecule has 8 nitrogen and oxygen atoms in total. The van der Waals surface area contributed by atoms with Gasteiger partial charge in [0.25, 0.3) is 0 Å². The Kier molecular flexibility index (Phi) is 5.13. The first-order chi connectivity index (χ1) is 13.0. The summed E-state index contributed by atoms with van der Waals surface area (Å²) in [6.07, 6.45) is 6.46. The lowest BCUT2D eigenvalue weighted by molar-refractivity contribution is -0.139. The van der Waals surface area contributed by atoms with E-state index >= 15 is 0 Å². The van der Waals surface area contributed by atoms with Crippen molar-refractivity contribution in [1.82, 2.24) is 4.98 Å². The molecule has 0 aliphatic carbocycles. The van der Waals surface area contributed by atoms with Crippen molar-refractivity contribution in [3.63, 3.8) is 0 Å². The highest BCUT2D eigenvalue weighted by atomic mass is 32.1. The normalized spacial score (nSPS) is 13.7. The molecule has 0 bridgehead atoms. The number of benzene rings is 1. The molecule has 27 heavy (non-hydrogen) atoms. The fourth-order valence-corrected chi connectivity index (χ4v) is 3.45. The van der Waals surface area contributed by atoms with E-state index in [0.29, 0.717) is 22.1 Å². The summed E-state index contributed by atoms with van der Waals surface area (Å²) in [6, 6.07) is 3.51. The van der Waals surface area contributed by atoms with Crippen molar-refractivity contribution >= 4 is 44.3 Å². The maximum Gasteiger partial charge on any atom is 0.355 e. The third-order valence-corrected chi connectivity index (χ3v) is 4.68. The summed E-state index contributed by atoms with van der Waals surface area (Å²) < 4.78 is 15.9. The average molecular weight is 387 g/mol. The van der Waals surface area contributed by atoms with Gasteiger partial charge < -0.3 is 24.8 Å². The number of carbonyl (C=O) groups is 2. The molecule has 0 atom stereocenters. The molecule has 9 heteroatoms. The van der Waals surface area contributed by atoms with Gasteiger partial charge in [-0.25, -0.2) is 14.6 Å². The van der Waals surface area contributed by atoms with E-state index in [0.717, 1.165) is 4.70 Å². The number of carbonyl (C=O) groups excluding carboxylic acids is 2. The van der Waals surface area contributed by atoms with Gasteiger partial charge in [0.05, 0.1) is 37.3 Å². The van der Waals surface area contributed by atoms with Gasteiger partial charge in [-0.15, -0.1) is 0 Å². The van der Waals surface area contributed by atoms with Crippen LogP contribution < -0.4 is 15.4 Å². The molecule has 2 aromatic rings. The molecule has 2 heterocycles. The van der Waals surface area contributed by atoms with Gasteiger partial charge in [0.15, 0.2) is 5.13 Å². The van der Waals surface area contributed by atoms with E-state index in [-0.39, 0.29) is 11.3 Å². The Morgan fingerprint density at radius 1 is 1.11 bits per heavy atom. The number of esters is 2. The molecule has 0 unspecified atom stereocenters. The predicted molar refractivity (Wildman–Crippen MR) is 102 cm³/mol. The van der Waals surface area contributed by atoms with Crippen LogP contribution in [0, 0.1) is 0 Å². The molecule has 1 aliphatic rings. The Morgan fingerprint density at radius 2 is 1.85 bits per heavy atom. The molecule has 1 aromatic heterocycles. The summed E-state index contributed by atoms with van der Waals surface area (Å²) in [5, 5.41) is 0.396. The minimum atomic E-state index is -0.686. The zero-order valence-corrected chi connectivity index (χ0v) is 15.7. The first kappa shape index (κ1) is 18.5. The largest absolute Gasteiger partial charge is 0.494 e. The molecule has 0 amide bonds. The molecule has 0 spiro atoms. The number of ether oxygens (including phenoxy) is 3. The van der Waals surface area contributed by atoms with Crippen LogP contribution in [0.1, 0.15) is 0 Å². The van der Waals surface area contributed by atoms with Gasteiger partial charge in [0.1, 0.15) is 17.0 Å². The number of hydrogen-bond acceptors (Lipinski definition) is 9. The van der Waals surface area contributed by atoms with Gasteiger partial charge in [0.2, 0.25) is 0 Å². The number of methoxy groups -OCH3 is 3. The average Bonchev–Trinajstić information content (AvgIpc) is 2.91. The minimum absolute atomic E-state index is 0.0215. The molecule has 140 valence electrons. The van der Waals surface area contributed by atoms with E-state index in [1.807, 2.05) is 0 Å². The Labute approximate surface area is 159 Å². The van der Waals surface area contributed by atoms with Crippen LogP contribution in [0.25, 0.3) is 10.2 Å². The summed E-state index contributed by atoms with van der Waals surface area (Å²) in [5.41, 5.74) is 7.10. The summed E-state index contributed by atoms with van der Waals surface area (Å²) in [6.45, 7) is 0. The fraction of sp³-hybridized carbons (Fsp3) is 0.167. The summed E-state index contributed by atoms with van der Waals surface area (Å²) in [5.74, 6) is -0.852. The minimum Gasteiger partial charge on any atom is -0.494 e. The second-order valence-corrected chi connectivity index (χ2v) is 6.43. The lowest BCUT2D eigenvalue weighted by Crippen LogP contribution is -2.27. The number of aromatic nitrogens is 1. The van der Waals surface area contributed by atoms with Crippen molar-refractivity contribution in [2.24, 2.45) is 0 Å². The fourth-order valence-electron chi connectivity index (χ4n) is 2.66. The second kappa shape index (κ2) is 7.50. The number of fused-ring (bicyclic) bond motifs is 1. The van der Waals surface area contributed by atoms with Crippen molar-refractivity contribution in [3.8, 4) is 5.75 Å². The van der Waals surface area contributed by atoms with E-state index in [2.05, 4.69) is 4.98 Å². The molecular weight excluding hydrogens is 370 g/mol. The van der Waals surface area contributed by atoms with E-state index in [4.69, 9.17) is 19.9 Å². The first-order valence-corrected chi connectivity index (χ1v) is 8.60. The van der Waals surface area contributed by atoms with Gasteiger partial charge in [0, 0.05) is 12.3 Å². The molecule has 3 rings (SSSR count). The SMILES string of the molecule is COC(=O)C1=C(C(=O)OC)N(c2cc(OC)c3nc(N)sc3c2)C=CC=C1. The Bertz CT molecular complexity index is 1010. The maximum absolute atomic E-state index is 12.5. The van der Waals surface area contributed by atoms with Crippen LogP contribution in [-0.4, -0.2) is 38.3 Å². The van der Waals surface area contributed by atoms with Crippen LogP contribution in [0.2, 0.25) is 0 Å². The van der Waals surface area contributed by atoms with Crippen LogP contribution in [0.3, 0.4) is 0 Å². The van der Waals surface area contributed by atoms with Crippen LogP contribution in [0.5, 0.6) is 5.75 Å². The first-order valence-electron chi connectivity index (χ1n) is 7.79. The van der Waals surface area contributed by atoms with E-state index < -0.39 is 11.9 Å². The molecule has 0 saturated carbocycles. The van der Waals surface area contributed by atoms with E-state index in [9.17, 15) is 9.59 Å². The van der Waals surface area contributed by atoms with Gasteiger partial charge >= 0.3 is 11.9 Å². The van der Waals surface area contributed by atoms with Crippen LogP contribution in [0.15, 0.2) is 47.8 Å². The van der Waals surface area contributed by atoms with Gasteiger partial charge in [-0.2, -0.15) is 0 Å². The number of thiazole rings is 1. The number of nitrogens with two attached hydrogens (primary N) is 1. The van der Waals surface area contributed by atoms with Crippen molar-refractivity contribution in [2.75, 3.05) is 32.0 Å². The quantitative estimate of drug-likeness (QED) is 0.798. The number of hydrogen-bond donors (Lipinski definition) is 1. The van der Waals surface area contributed by atoms with Crippen molar-refractivity contribution in [3.05, 3.63) is 47.8 Å². The zero-order chi connectivity index (χ0) is 19.6. The summed E-state index contributed by atoms with van der Waals surface area (Å²) in [4.78, 5) is 30.5. The van der Waals surface area contributed by atoms with Crippen molar-refractivity contribution in [1.29, 1.82) is 0 Å². The third kappa shape index (κ3) is 3.36. The number of nitrogen functional groups attached to an aromatic ring is 1.